The molecule has 29 heavy (non-hydrogen) atoms. The lowest BCUT2D eigenvalue weighted by Gasteiger charge is -2.61. The molecule has 3 aliphatic carbocycles. The summed E-state index contributed by atoms with van der Waals surface area (Å²) in [6.07, 6.45) is 3.84. The van der Waals surface area contributed by atoms with Crippen LogP contribution in [0.25, 0.3) is 0 Å². The second-order valence-electron chi connectivity index (χ2n) is 9.95. The molecule has 5 aliphatic rings. The predicted molar refractivity (Wildman–Crippen MR) is 110 cm³/mol. The number of rotatable bonds is 1. The monoisotopic (exact) mass is 397 g/mol. The summed E-state index contributed by atoms with van der Waals surface area (Å²) < 4.78 is 5.82. The number of morpholine rings is 1. The molecule has 1 spiro atoms. The Kier molecular flexibility index (Phi) is 4.21. The van der Waals surface area contributed by atoms with Crippen molar-refractivity contribution in [2.24, 2.45) is 17.3 Å². The van der Waals surface area contributed by atoms with Gasteiger partial charge in [-0.05, 0) is 57.1 Å². The average molecular weight is 398 g/mol. The first-order chi connectivity index (χ1) is 13.8. The van der Waals surface area contributed by atoms with Crippen molar-refractivity contribution in [2.75, 3.05) is 18.4 Å². The van der Waals surface area contributed by atoms with E-state index in [0.29, 0.717) is 18.7 Å². The number of hydrogen-bond acceptors (Lipinski definition) is 4. The number of fused-ring (bicyclic) bond motifs is 3. The van der Waals surface area contributed by atoms with E-state index < -0.39 is 5.66 Å². The van der Waals surface area contributed by atoms with Crippen LogP contribution in [-0.4, -0.2) is 47.7 Å². The Balaban J connectivity index is 1.41. The van der Waals surface area contributed by atoms with Crippen molar-refractivity contribution < 1.29 is 14.3 Å². The van der Waals surface area contributed by atoms with Crippen LogP contribution in [0, 0.1) is 17.3 Å². The molecule has 0 radical (unpaired) electrons. The fourth-order valence-corrected chi connectivity index (χ4v) is 6.41. The minimum Gasteiger partial charge on any atom is -0.372 e. The van der Waals surface area contributed by atoms with E-state index in [9.17, 15) is 9.59 Å². The number of hydrogen-bond donors (Lipinski definition) is 2. The first-order valence-electron chi connectivity index (χ1n) is 10.9. The average Bonchev–Trinajstić information content (AvgIpc) is 2.66. The standard InChI is InChI=1S/C23H31N3O3/c1-14-11-26(12-15(2)29-14)21(28)18-10-16-8-9-22(18,3)13-23(16)24-19-7-5-4-6-17(19)20(27)25-23/h4-7,14-16,18,24H,8-13H2,1-3H3,(H,25,27)/t14-,15+,16-,18-,22+,23-/m0/s1. The van der Waals surface area contributed by atoms with Crippen LogP contribution in [0.15, 0.2) is 24.3 Å². The quantitative estimate of drug-likeness (QED) is 0.764. The van der Waals surface area contributed by atoms with Gasteiger partial charge in [0.1, 0.15) is 5.66 Å². The van der Waals surface area contributed by atoms with Gasteiger partial charge >= 0.3 is 0 Å². The number of para-hydroxylation sites is 1. The Morgan fingerprint density at radius 1 is 1.17 bits per heavy atom. The minimum absolute atomic E-state index is 0.00537. The molecule has 6 heteroatoms. The van der Waals surface area contributed by atoms with Crippen LogP contribution in [0.5, 0.6) is 0 Å². The van der Waals surface area contributed by atoms with Crippen molar-refractivity contribution in [1.29, 1.82) is 0 Å². The third-order valence-corrected chi connectivity index (χ3v) is 7.70. The number of carbonyl (C=O) groups is 2. The van der Waals surface area contributed by atoms with Gasteiger partial charge in [0.15, 0.2) is 0 Å². The summed E-state index contributed by atoms with van der Waals surface area (Å²) in [7, 11) is 0. The highest BCUT2D eigenvalue weighted by Crippen LogP contribution is 2.58. The summed E-state index contributed by atoms with van der Waals surface area (Å²) in [4.78, 5) is 28.4. The summed E-state index contributed by atoms with van der Waals surface area (Å²) in [6.45, 7) is 7.67. The maximum absolute atomic E-state index is 13.5. The van der Waals surface area contributed by atoms with Gasteiger partial charge < -0.3 is 20.3 Å². The lowest BCUT2D eigenvalue weighted by atomic mass is 9.51. The molecule has 0 aromatic heterocycles. The van der Waals surface area contributed by atoms with Gasteiger partial charge in [-0.15, -0.1) is 0 Å². The highest BCUT2D eigenvalue weighted by atomic mass is 16.5. The van der Waals surface area contributed by atoms with Crippen molar-refractivity contribution >= 4 is 17.5 Å². The van der Waals surface area contributed by atoms with Crippen LogP contribution >= 0.6 is 0 Å². The largest absolute Gasteiger partial charge is 0.372 e. The molecule has 1 saturated heterocycles. The highest BCUT2D eigenvalue weighted by Gasteiger charge is 2.60. The Bertz CT molecular complexity index is 848. The zero-order chi connectivity index (χ0) is 20.4. The van der Waals surface area contributed by atoms with Crippen LogP contribution in [0.2, 0.25) is 0 Å². The van der Waals surface area contributed by atoms with Gasteiger partial charge in [0.05, 0.1) is 17.8 Å². The third-order valence-electron chi connectivity index (χ3n) is 7.70. The van der Waals surface area contributed by atoms with Gasteiger partial charge in [0, 0.05) is 30.6 Å². The van der Waals surface area contributed by atoms with Crippen molar-refractivity contribution in [1.82, 2.24) is 10.2 Å². The van der Waals surface area contributed by atoms with Crippen molar-refractivity contribution in [3.05, 3.63) is 29.8 Å². The van der Waals surface area contributed by atoms with E-state index in [1.165, 1.54) is 0 Å². The van der Waals surface area contributed by atoms with Crippen molar-refractivity contribution in [2.45, 2.75) is 64.3 Å². The molecule has 6 nitrogen and oxygen atoms in total. The Morgan fingerprint density at radius 2 is 1.90 bits per heavy atom. The zero-order valence-corrected chi connectivity index (χ0v) is 17.5. The van der Waals surface area contributed by atoms with E-state index in [0.717, 1.165) is 31.4 Å². The summed E-state index contributed by atoms with van der Waals surface area (Å²) in [5.74, 6) is 0.539. The van der Waals surface area contributed by atoms with E-state index in [1.807, 2.05) is 43.0 Å². The SMILES string of the molecule is C[C@@H]1CN(C(=O)[C@@H]2C[C@@H]3CC[C@]2(C)C[C@]32NC(=O)c3ccccc3N2)C[C@H](C)O1. The topological polar surface area (TPSA) is 70.7 Å². The molecule has 2 bridgehead atoms. The van der Waals surface area contributed by atoms with Crippen LogP contribution in [0.3, 0.4) is 0 Å². The molecular formula is C23H31N3O3. The maximum Gasteiger partial charge on any atom is 0.255 e. The van der Waals surface area contributed by atoms with E-state index in [4.69, 9.17) is 4.74 Å². The maximum atomic E-state index is 13.5. The summed E-state index contributed by atoms with van der Waals surface area (Å²) >= 11 is 0. The molecule has 156 valence electrons. The smallest absolute Gasteiger partial charge is 0.255 e. The normalized spacial score (nSPS) is 40.9. The molecule has 0 unspecified atom stereocenters. The van der Waals surface area contributed by atoms with Crippen LogP contribution in [0.4, 0.5) is 5.69 Å². The zero-order valence-electron chi connectivity index (χ0n) is 17.5. The first-order valence-corrected chi connectivity index (χ1v) is 10.9. The molecule has 2 amide bonds. The van der Waals surface area contributed by atoms with Gasteiger partial charge in [-0.2, -0.15) is 0 Å². The molecular weight excluding hydrogens is 366 g/mol. The summed E-state index contributed by atoms with van der Waals surface area (Å²) in [5.41, 5.74) is 1.05. The number of carbonyl (C=O) groups excluding carboxylic acids is 2. The highest BCUT2D eigenvalue weighted by molar-refractivity contribution is 6.02. The molecule has 1 aromatic rings. The Labute approximate surface area is 172 Å². The second-order valence-corrected chi connectivity index (χ2v) is 9.95. The van der Waals surface area contributed by atoms with Crippen molar-refractivity contribution in [3.8, 4) is 0 Å². The number of amides is 2. The van der Waals surface area contributed by atoms with Gasteiger partial charge in [0.2, 0.25) is 5.91 Å². The fraction of sp³-hybridized carbons (Fsp3) is 0.652. The number of anilines is 1. The lowest BCUT2D eigenvalue weighted by Crippen LogP contribution is -2.70. The van der Waals surface area contributed by atoms with Crippen LogP contribution in [-0.2, 0) is 9.53 Å². The van der Waals surface area contributed by atoms with Gasteiger partial charge in [-0.25, -0.2) is 0 Å². The molecule has 4 fully saturated rings. The van der Waals surface area contributed by atoms with Crippen LogP contribution in [0.1, 0.15) is 56.8 Å². The third kappa shape index (κ3) is 2.95. The molecule has 1 aromatic carbocycles. The van der Waals surface area contributed by atoms with Gasteiger partial charge in [-0.3, -0.25) is 9.59 Å². The summed E-state index contributed by atoms with van der Waals surface area (Å²) in [5, 5.41) is 6.98. The number of benzene rings is 1. The molecule has 6 rings (SSSR count). The van der Waals surface area contributed by atoms with Gasteiger partial charge in [-0.1, -0.05) is 19.1 Å². The minimum atomic E-state index is -0.444. The van der Waals surface area contributed by atoms with Crippen LogP contribution < -0.4 is 10.6 Å². The Morgan fingerprint density at radius 3 is 2.62 bits per heavy atom. The number of nitrogens with zero attached hydrogens (tertiary/aromatic N) is 1. The molecule has 3 saturated carbocycles. The fourth-order valence-electron chi connectivity index (χ4n) is 6.41. The molecule has 6 atom stereocenters. The predicted octanol–water partition coefficient (Wildman–Crippen LogP) is 3.00. The van der Waals surface area contributed by atoms with Gasteiger partial charge in [0.25, 0.3) is 5.91 Å². The first kappa shape index (κ1) is 18.9. The van der Waals surface area contributed by atoms with E-state index in [2.05, 4.69) is 17.6 Å². The summed E-state index contributed by atoms with van der Waals surface area (Å²) in [6, 6.07) is 7.71. The van der Waals surface area contributed by atoms with E-state index in [-0.39, 0.29) is 41.3 Å². The van der Waals surface area contributed by atoms with Crippen molar-refractivity contribution in [3.63, 3.8) is 0 Å². The molecule has 2 N–H and O–H groups in total. The van der Waals surface area contributed by atoms with E-state index >= 15 is 0 Å². The number of nitrogens with one attached hydrogen (secondary N) is 2. The van der Waals surface area contributed by atoms with E-state index in [1.54, 1.807) is 0 Å². The second kappa shape index (κ2) is 6.46. The Hall–Kier alpha value is -2.08. The number of ether oxygens (including phenoxy) is 1. The lowest BCUT2D eigenvalue weighted by molar-refractivity contribution is -0.161. The molecule has 2 aliphatic heterocycles. The molecule has 2 heterocycles.